The summed E-state index contributed by atoms with van der Waals surface area (Å²) in [5.74, 6) is 0.631. The zero-order valence-electron chi connectivity index (χ0n) is 22.6. The van der Waals surface area contributed by atoms with Gasteiger partial charge in [-0.15, -0.1) is 0 Å². The first kappa shape index (κ1) is 25.5. The molecule has 0 fully saturated rings. The van der Waals surface area contributed by atoms with Crippen molar-refractivity contribution >= 4 is 24.8 Å². The Labute approximate surface area is 212 Å². The molecule has 1 N–H and O–H groups in total. The topological polar surface area (TPSA) is 42.1 Å². The summed E-state index contributed by atoms with van der Waals surface area (Å²) in [4.78, 5) is 17.8. The minimum atomic E-state index is -1.85. The van der Waals surface area contributed by atoms with Gasteiger partial charge in [0.1, 0.15) is 0 Å². The lowest BCUT2D eigenvalue weighted by molar-refractivity contribution is -0.122. The van der Waals surface area contributed by atoms with Crippen molar-refractivity contribution in [3.8, 4) is 0 Å². The number of Topliss-reactive ketones (excluding diaryl/α,β-unsaturated/α-hetero) is 1. The van der Waals surface area contributed by atoms with Crippen LogP contribution in [0.4, 0.5) is 0 Å². The van der Waals surface area contributed by atoms with Gasteiger partial charge in [-0.2, -0.15) is 0 Å². The van der Waals surface area contributed by atoms with E-state index in [2.05, 4.69) is 102 Å². The number of H-pyrrole nitrogens is 1. The molecule has 1 aliphatic rings. The lowest BCUT2D eigenvalue weighted by atomic mass is 9.68. The zero-order chi connectivity index (χ0) is 25.5. The van der Waals surface area contributed by atoms with Gasteiger partial charge in [-0.05, 0) is 35.7 Å². The highest BCUT2D eigenvalue weighted by Gasteiger charge is 2.57. The van der Waals surface area contributed by atoms with Crippen LogP contribution in [-0.4, -0.2) is 26.0 Å². The smallest absolute Gasteiger partial charge is 0.208 e. The van der Waals surface area contributed by atoms with Gasteiger partial charge in [0.15, 0.2) is 5.76 Å². The van der Waals surface area contributed by atoms with E-state index in [0.717, 1.165) is 22.5 Å². The summed E-state index contributed by atoms with van der Waals surface area (Å²) in [6.07, 6.45) is 2.05. The minimum Gasteiger partial charge on any atom is -0.493 e. The Bertz CT molecular complexity index is 1220. The number of hydrogen-bond donors (Lipinski definition) is 1. The molecule has 0 radical (unpaired) electrons. The van der Waals surface area contributed by atoms with E-state index in [1.54, 1.807) is 7.11 Å². The number of rotatable bonds is 8. The summed E-state index contributed by atoms with van der Waals surface area (Å²) >= 11 is 0. The molecule has 0 saturated carbocycles. The molecule has 0 bridgehead atoms. The Morgan fingerprint density at radius 3 is 2.06 bits per heavy atom. The third-order valence-electron chi connectivity index (χ3n) is 9.10. The van der Waals surface area contributed by atoms with Crippen LogP contribution in [0.3, 0.4) is 0 Å². The Hall–Kier alpha value is -2.59. The highest BCUT2D eigenvalue weighted by molar-refractivity contribution is 6.84. The highest BCUT2D eigenvalue weighted by Crippen LogP contribution is 2.58. The summed E-state index contributed by atoms with van der Waals surface area (Å²) in [6, 6.07) is 19.9. The van der Waals surface area contributed by atoms with Crippen molar-refractivity contribution in [3.63, 3.8) is 0 Å². The molecular formula is C31H41NO2Si. The Balaban J connectivity index is 2.00. The molecule has 3 aromatic rings. The number of nitrogens with one attached hydrogen (secondary N) is 1. The van der Waals surface area contributed by atoms with Gasteiger partial charge in [0.25, 0.3) is 0 Å². The van der Waals surface area contributed by atoms with Crippen molar-refractivity contribution in [2.45, 2.75) is 82.5 Å². The first-order chi connectivity index (χ1) is 16.6. The predicted octanol–water partition coefficient (Wildman–Crippen LogP) is 8.37. The molecule has 186 valence electrons. The van der Waals surface area contributed by atoms with Gasteiger partial charge in [0.05, 0.1) is 20.6 Å². The van der Waals surface area contributed by atoms with E-state index in [1.165, 1.54) is 11.1 Å². The van der Waals surface area contributed by atoms with E-state index in [9.17, 15) is 4.79 Å². The Morgan fingerprint density at radius 1 is 0.914 bits per heavy atom. The van der Waals surface area contributed by atoms with Crippen LogP contribution >= 0.6 is 0 Å². The predicted molar refractivity (Wildman–Crippen MR) is 150 cm³/mol. The number of aromatic amines is 1. The zero-order valence-corrected chi connectivity index (χ0v) is 23.6. The summed E-state index contributed by atoms with van der Waals surface area (Å²) in [6.45, 7) is 16.5. The number of carbonyl (C=O) groups excluding carboxylic acids is 1. The fourth-order valence-electron chi connectivity index (χ4n) is 7.30. The largest absolute Gasteiger partial charge is 0.493 e. The molecule has 0 saturated heterocycles. The highest BCUT2D eigenvalue weighted by atomic mass is 28.3. The Kier molecular flexibility index (Phi) is 6.89. The molecule has 4 rings (SSSR count). The van der Waals surface area contributed by atoms with Crippen molar-refractivity contribution in [3.05, 3.63) is 83.3 Å². The fraction of sp³-hybridized carbons (Fsp3) is 0.452. The van der Waals surface area contributed by atoms with Crippen molar-refractivity contribution < 1.29 is 9.53 Å². The summed E-state index contributed by atoms with van der Waals surface area (Å²) < 4.78 is 6.02. The summed E-state index contributed by atoms with van der Waals surface area (Å²) in [5, 5.41) is 1.11. The number of allylic oxidation sites excluding steroid dienone is 2. The van der Waals surface area contributed by atoms with Crippen molar-refractivity contribution in [2.24, 2.45) is 0 Å². The van der Waals surface area contributed by atoms with Gasteiger partial charge in [-0.25, -0.2) is 0 Å². The molecule has 1 aromatic heterocycles. The molecule has 1 aliphatic carbocycles. The normalized spacial score (nSPS) is 21.2. The lowest BCUT2D eigenvalue weighted by Gasteiger charge is -2.45. The van der Waals surface area contributed by atoms with Gasteiger partial charge < -0.3 is 9.72 Å². The van der Waals surface area contributed by atoms with Gasteiger partial charge in [0, 0.05) is 23.0 Å². The number of ether oxygens (including phenoxy) is 1. The van der Waals surface area contributed by atoms with Gasteiger partial charge in [-0.3, -0.25) is 4.79 Å². The van der Waals surface area contributed by atoms with Crippen LogP contribution in [0.25, 0.3) is 10.9 Å². The average molecular weight is 488 g/mol. The van der Waals surface area contributed by atoms with Crippen LogP contribution < -0.4 is 0 Å². The van der Waals surface area contributed by atoms with Gasteiger partial charge in [-0.1, -0.05) is 107 Å². The number of aromatic nitrogens is 1. The minimum absolute atomic E-state index is 0.0616. The number of carbonyl (C=O) groups is 1. The first-order valence-electron chi connectivity index (χ1n) is 13.0. The molecule has 2 atom stereocenters. The van der Waals surface area contributed by atoms with Crippen LogP contribution in [-0.2, 0) is 14.9 Å². The second-order valence-corrected chi connectivity index (χ2v) is 17.5. The molecule has 4 heteroatoms. The molecular weight excluding hydrogens is 446 g/mol. The number of fused-ring (bicyclic) bond motifs is 1. The first-order valence-corrected chi connectivity index (χ1v) is 15.5. The van der Waals surface area contributed by atoms with Crippen LogP contribution in [0.1, 0.15) is 65.5 Å². The monoisotopic (exact) mass is 487 g/mol. The number of benzene rings is 2. The number of hydrogen-bond acceptors (Lipinski definition) is 2. The van der Waals surface area contributed by atoms with Crippen LogP contribution in [0.15, 0.2) is 72.1 Å². The molecule has 35 heavy (non-hydrogen) atoms. The number of ketones is 1. The molecule has 0 spiro atoms. The van der Waals surface area contributed by atoms with E-state index in [1.807, 2.05) is 12.3 Å². The quantitative estimate of drug-likeness (QED) is 0.324. The molecule has 1 heterocycles. The van der Waals surface area contributed by atoms with E-state index in [-0.39, 0.29) is 11.7 Å². The average Bonchev–Trinajstić information content (AvgIpc) is 3.35. The van der Waals surface area contributed by atoms with Crippen LogP contribution in [0.5, 0.6) is 0 Å². The summed E-state index contributed by atoms with van der Waals surface area (Å²) in [7, 11) is -0.174. The van der Waals surface area contributed by atoms with E-state index in [0.29, 0.717) is 22.4 Å². The fourth-order valence-corrected chi connectivity index (χ4v) is 13.5. The van der Waals surface area contributed by atoms with Crippen molar-refractivity contribution in [2.75, 3.05) is 7.11 Å². The number of para-hydroxylation sites is 1. The molecule has 0 amide bonds. The molecule has 3 nitrogen and oxygen atoms in total. The molecule has 0 unspecified atom stereocenters. The lowest BCUT2D eigenvalue weighted by Crippen LogP contribution is -2.45. The maximum atomic E-state index is 14.4. The van der Waals surface area contributed by atoms with E-state index in [4.69, 9.17) is 4.74 Å². The number of methoxy groups -OCH3 is 1. The van der Waals surface area contributed by atoms with Crippen molar-refractivity contribution in [1.82, 2.24) is 4.98 Å². The Morgan fingerprint density at radius 2 is 1.49 bits per heavy atom. The van der Waals surface area contributed by atoms with E-state index < -0.39 is 13.5 Å². The molecule has 2 aromatic carbocycles. The van der Waals surface area contributed by atoms with Gasteiger partial charge >= 0.3 is 0 Å². The maximum absolute atomic E-state index is 14.4. The maximum Gasteiger partial charge on any atom is 0.208 e. The molecule has 0 aliphatic heterocycles. The standard InChI is InChI=1S/C31H41NO2Si/c1-20(2)35(21(3)4,22(5)6)19-25-28(23-14-10-9-11-15-23)31(7,30(33)29(25)34-8)26-18-32-27-17-13-12-16-24(26)27/h9-18,20-22,28,32H,19H2,1-8H3/t28-,31+/m1/s1. The van der Waals surface area contributed by atoms with Crippen molar-refractivity contribution in [1.29, 1.82) is 0 Å². The second-order valence-electron chi connectivity index (χ2n) is 11.4. The van der Waals surface area contributed by atoms with Crippen LogP contribution in [0.2, 0.25) is 22.7 Å². The van der Waals surface area contributed by atoms with E-state index >= 15 is 0 Å². The van der Waals surface area contributed by atoms with Crippen LogP contribution in [0, 0.1) is 0 Å². The summed E-state index contributed by atoms with van der Waals surface area (Å²) in [5.41, 5.74) is 5.56. The third-order valence-corrected chi connectivity index (χ3v) is 16.5. The third kappa shape index (κ3) is 3.81. The second kappa shape index (κ2) is 9.46. The van der Waals surface area contributed by atoms with Gasteiger partial charge in [0.2, 0.25) is 5.78 Å². The SMILES string of the molecule is COC1=C(C[Si](C(C)C)(C(C)C)C(C)C)[C@@H](c2ccccc2)[C@](C)(c2c[nH]c3ccccc23)C1=O.